The van der Waals surface area contributed by atoms with Crippen LogP contribution in [0.15, 0.2) is 24.3 Å². The Kier molecular flexibility index (Phi) is 4.02. The highest BCUT2D eigenvalue weighted by molar-refractivity contribution is 5.29. The molecule has 1 aliphatic rings. The Balaban J connectivity index is 2.11. The molecule has 1 aliphatic heterocycles. The first kappa shape index (κ1) is 12.4. The summed E-state index contributed by atoms with van der Waals surface area (Å²) in [5.41, 5.74) is 7.49. The Labute approximate surface area is 103 Å². The van der Waals surface area contributed by atoms with Crippen molar-refractivity contribution in [2.75, 3.05) is 26.9 Å². The molecule has 0 bridgehead atoms. The molecule has 0 spiro atoms. The van der Waals surface area contributed by atoms with E-state index in [1.54, 1.807) is 7.11 Å². The molecule has 2 rings (SSSR count). The summed E-state index contributed by atoms with van der Waals surface area (Å²) in [6.07, 6.45) is 3.13. The van der Waals surface area contributed by atoms with E-state index in [1.165, 1.54) is 5.56 Å². The van der Waals surface area contributed by atoms with Crippen molar-refractivity contribution in [1.29, 1.82) is 0 Å². The van der Waals surface area contributed by atoms with Gasteiger partial charge in [-0.1, -0.05) is 12.1 Å². The lowest BCUT2D eigenvalue weighted by Gasteiger charge is -2.36. The topological polar surface area (TPSA) is 44.5 Å². The van der Waals surface area contributed by atoms with E-state index in [4.69, 9.17) is 15.2 Å². The van der Waals surface area contributed by atoms with E-state index < -0.39 is 0 Å². The van der Waals surface area contributed by atoms with Crippen LogP contribution in [0.4, 0.5) is 0 Å². The molecule has 0 saturated carbocycles. The highest BCUT2D eigenvalue weighted by Crippen LogP contribution is 2.33. The van der Waals surface area contributed by atoms with Gasteiger partial charge >= 0.3 is 0 Å². The number of nitrogens with two attached hydrogens (primary N) is 1. The summed E-state index contributed by atoms with van der Waals surface area (Å²) < 4.78 is 10.7. The van der Waals surface area contributed by atoms with Gasteiger partial charge in [0.05, 0.1) is 7.11 Å². The van der Waals surface area contributed by atoms with Crippen LogP contribution >= 0.6 is 0 Å². The third-order valence-corrected chi connectivity index (χ3v) is 3.70. The van der Waals surface area contributed by atoms with Crippen LogP contribution in [0.3, 0.4) is 0 Å². The second kappa shape index (κ2) is 5.52. The molecule has 3 nitrogen and oxygen atoms in total. The molecule has 0 radical (unpaired) electrons. The molecule has 1 heterocycles. The van der Waals surface area contributed by atoms with Gasteiger partial charge in [-0.15, -0.1) is 0 Å². The van der Waals surface area contributed by atoms with Gasteiger partial charge in [0.25, 0.3) is 0 Å². The minimum Gasteiger partial charge on any atom is -0.497 e. The van der Waals surface area contributed by atoms with Crippen molar-refractivity contribution >= 4 is 0 Å². The van der Waals surface area contributed by atoms with Gasteiger partial charge in [0.2, 0.25) is 0 Å². The molecule has 1 aromatic rings. The maximum atomic E-state index is 5.97. The van der Waals surface area contributed by atoms with E-state index in [1.807, 2.05) is 12.1 Å². The summed E-state index contributed by atoms with van der Waals surface area (Å²) in [6, 6.07) is 8.27. The predicted molar refractivity (Wildman–Crippen MR) is 68.2 cm³/mol. The summed E-state index contributed by atoms with van der Waals surface area (Å²) >= 11 is 0. The van der Waals surface area contributed by atoms with E-state index >= 15 is 0 Å². The van der Waals surface area contributed by atoms with Crippen LogP contribution in [0.5, 0.6) is 5.75 Å². The number of rotatable bonds is 4. The smallest absolute Gasteiger partial charge is 0.119 e. The van der Waals surface area contributed by atoms with Gasteiger partial charge < -0.3 is 15.2 Å². The first-order valence-corrected chi connectivity index (χ1v) is 6.19. The minimum absolute atomic E-state index is 0.213. The fourth-order valence-corrected chi connectivity index (χ4v) is 2.47. The average molecular weight is 235 g/mol. The molecule has 0 aromatic heterocycles. The number of hydrogen-bond acceptors (Lipinski definition) is 3. The molecule has 0 unspecified atom stereocenters. The Hall–Kier alpha value is -1.06. The van der Waals surface area contributed by atoms with Gasteiger partial charge in [-0.25, -0.2) is 0 Å². The second-order valence-corrected chi connectivity index (χ2v) is 4.84. The van der Waals surface area contributed by atoms with E-state index in [0.717, 1.165) is 44.8 Å². The lowest BCUT2D eigenvalue weighted by molar-refractivity contribution is 0.0191. The second-order valence-electron chi connectivity index (χ2n) is 4.84. The van der Waals surface area contributed by atoms with Gasteiger partial charge in [0.1, 0.15) is 5.75 Å². The van der Waals surface area contributed by atoms with Crippen molar-refractivity contribution in [2.24, 2.45) is 11.1 Å². The minimum atomic E-state index is 0.213. The molecule has 94 valence electrons. The molecular formula is C14H21NO2. The van der Waals surface area contributed by atoms with Crippen LogP contribution in [-0.4, -0.2) is 26.9 Å². The van der Waals surface area contributed by atoms with Crippen molar-refractivity contribution in [1.82, 2.24) is 0 Å². The SMILES string of the molecule is COc1cccc(CC2(CN)CCOCC2)c1. The lowest BCUT2D eigenvalue weighted by atomic mass is 9.75. The normalized spacial score (nSPS) is 18.9. The van der Waals surface area contributed by atoms with Crippen LogP contribution in [0.2, 0.25) is 0 Å². The van der Waals surface area contributed by atoms with Crippen LogP contribution in [0.25, 0.3) is 0 Å². The van der Waals surface area contributed by atoms with Gasteiger partial charge in [-0.05, 0) is 48.9 Å². The Morgan fingerprint density at radius 1 is 1.35 bits per heavy atom. The standard InChI is InChI=1S/C14H21NO2/c1-16-13-4-2-3-12(9-13)10-14(11-15)5-7-17-8-6-14/h2-4,9H,5-8,10-11,15H2,1H3. The maximum absolute atomic E-state index is 5.97. The predicted octanol–water partition coefficient (Wildman–Crippen LogP) is 1.99. The zero-order valence-corrected chi connectivity index (χ0v) is 10.4. The summed E-state index contributed by atoms with van der Waals surface area (Å²) in [4.78, 5) is 0. The van der Waals surface area contributed by atoms with Crippen molar-refractivity contribution in [2.45, 2.75) is 19.3 Å². The van der Waals surface area contributed by atoms with Crippen molar-refractivity contribution in [3.8, 4) is 5.75 Å². The average Bonchev–Trinajstić information content (AvgIpc) is 2.40. The number of hydrogen-bond donors (Lipinski definition) is 1. The fourth-order valence-electron chi connectivity index (χ4n) is 2.47. The lowest BCUT2D eigenvalue weighted by Crippen LogP contribution is -2.38. The summed E-state index contributed by atoms with van der Waals surface area (Å²) in [5, 5.41) is 0. The van der Waals surface area contributed by atoms with Crippen LogP contribution in [0.1, 0.15) is 18.4 Å². The summed E-state index contributed by atoms with van der Waals surface area (Å²) in [5.74, 6) is 0.918. The third-order valence-electron chi connectivity index (χ3n) is 3.70. The van der Waals surface area contributed by atoms with Gasteiger partial charge in [-0.3, -0.25) is 0 Å². The zero-order valence-electron chi connectivity index (χ0n) is 10.4. The largest absolute Gasteiger partial charge is 0.497 e. The highest BCUT2D eigenvalue weighted by atomic mass is 16.5. The molecule has 0 aliphatic carbocycles. The first-order valence-electron chi connectivity index (χ1n) is 6.19. The van der Waals surface area contributed by atoms with Crippen molar-refractivity contribution < 1.29 is 9.47 Å². The molecule has 1 fully saturated rings. The maximum Gasteiger partial charge on any atom is 0.119 e. The molecule has 1 aromatic carbocycles. The van der Waals surface area contributed by atoms with E-state index in [-0.39, 0.29) is 5.41 Å². The Bertz CT molecular complexity index is 359. The number of ether oxygens (including phenoxy) is 2. The van der Waals surface area contributed by atoms with E-state index in [9.17, 15) is 0 Å². The van der Waals surface area contributed by atoms with Crippen molar-refractivity contribution in [3.05, 3.63) is 29.8 Å². The molecule has 2 N–H and O–H groups in total. The summed E-state index contributed by atoms with van der Waals surface area (Å²) in [6.45, 7) is 2.40. The van der Waals surface area contributed by atoms with Crippen molar-refractivity contribution in [3.63, 3.8) is 0 Å². The zero-order chi connectivity index (χ0) is 12.1. The Morgan fingerprint density at radius 2 is 2.12 bits per heavy atom. The van der Waals surface area contributed by atoms with Gasteiger partial charge in [0, 0.05) is 13.2 Å². The molecule has 0 atom stereocenters. The van der Waals surface area contributed by atoms with E-state index in [2.05, 4.69) is 12.1 Å². The van der Waals surface area contributed by atoms with Gasteiger partial charge in [-0.2, -0.15) is 0 Å². The molecular weight excluding hydrogens is 214 g/mol. The molecule has 17 heavy (non-hydrogen) atoms. The molecule has 3 heteroatoms. The number of benzene rings is 1. The third kappa shape index (κ3) is 2.99. The molecule has 1 saturated heterocycles. The van der Waals surface area contributed by atoms with Crippen LogP contribution in [-0.2, 0) is 11.2 Å². The Morgan fingerprint density at radius 3 is 2.76 bits per heavy atom. The number of methoxy groups -OCH3 is 1. The fraction of sp³-hybridized carbons (Fsp3) is 0.571. The first-order chi connectivity index (χ1) is 8.28. The van der Waals surface area contributed by atoms with Crippen LogP contribution < -0.4 is 10.5 Å². The quantitative estimate of drug-likeness (QED) is 0.868. The van der Waals surface area contributed by atoms with E-state index in [0.29, 0.717) is 0 Å². The molecule has 0 amide bonds. The monoisotopic (exact) mass is 235 g/mol. The van der Waals surface area contributed by atoms with Crippen LogP contribution in [0, 0.1) is 5.41 Å². The van der Waals surface area contributed by atoms with Gasteiger partial charge in [0.15, 0.2) is 0 Å². The summed E-state index contributed by atoms with van der Waals surface area (Å²) in [7, 11) is 1.70. The highest BCUT2D eigenvalue weighted by Gasteiger charge is 2.31.